The van der Waals surface area contributed by atoms with Crippen molar-refractivity contribution in [3.05, 3.63) is 64.2 Å². The number of non-ortho nitro benzene ring substituents is 1. The van der Waals surface area contributed by atoms with Gasteiger partial charge in [0.2, 0.25) is 5.91 Å². The van der Waals surface area contributed by atoms with Gasteiger partial charge in [0.05, 0.1) is 44.0 Å². The first kappa shape index (κ1) is 20.2. The van der Waals surface area contributed by atoms with Crippen molar-refractivity contribution in [2.45, 2.75) is 11.4 Å². The van der Waals surface area contributed by atoms with Gasteiger partial charge in [-0.2, -0.15) is 0 Å². The molecule has 1 aliphatic rings. The van der Waals surface area contributed by atoms with Crippen LogP contribution < -0.4 is 9.64 Å². The molecular weight excluding hydrogens is 378 g/mol. The van der Waals surface area contributed by atoms with Crippen molar-refractivity contribution in [3.8, 4) is 5.75 Å². The van der Waals surface area contributed by atoms with Crippen LogP contribution in [0.15, 0.2) is 53.4 Å². The number of benzene rings is 2. The Labute approximate surface area is 168 Å². The van der Waals surface area contributed by atoms with E-state index in [1.807, 2.05) is 17.0 Å². The topological polar surface area (TPSA) is 77.1 Å². The molecule has 1 aliphatic heterocycles. The molecule has 1 amide bonds. The molecule has 3 rings (SSSR count). The van der Waals surface area contributed by atoms with Crippen LogP contribution in [0.5, 0.6) is 5.75 Å². The number of nitro groups is 1. The second-order valence-corrected chi connectivity index (χ2v) is 7.74. The van der Waals surface area contributed by atoms with E-state index in [0.29, 0.717) is 5.75 Å². The molecule has 1 saturated heterocycles. The number of nitrogens with one attached hydrogen (secondary N) is 1. The Balaban J connectivity index is 1.42. The Kier molecular flexibility index (Phi) is 6.89. The molecule has 7 nitrogen and oxygen atoms in total. The average molecular weight is 402 g/mol. The summed E-state index contributed by atoms with van der Waals surface area (Å²) in [7, 11) is 1.66. The van der Waals surface area contributed by atoms with Gasteiger partial charge in [-0.25, -0.2) is 0 Å². The lowest BCUT2D eigenvalue weighted by atomic mass is 10.2. The summed E-state index contributed by atoms with van der Waals surface area (Å²) in [6, 6.07) is 14.4. The van der Waals surface area contributed by atoms with Gasteiger partial charge < -0.3 is 14.5 Å². The largest absolute Gasteiger partial charge is 0.497 e. The Hall–Kier alpha value is -2.58. The molecule has 148 valence electrons. The van der Waals surface area contributed by atoms with Crippen molar-refractivity contribution in [2.75, 3.05) is 39.0 Å². The highest BCUT2D eigenvalue weighted by Gasteiger charge is 2.23. The predicted molar refractivity (Wildman–Crippen MR) is 108 cm³/mol. The molecule has 0 spiro atoms. The van der Waals surface area contributed by atoms with E-state index < -0.39 is 4.92 Å². The molecule has 1 heterocycles. The molecule has 0 unspecified atom stereocenters. The van der Waals surface area contributed by atoms with Gasteiger partial charge in [0.15, 0.2) is 0 Å². The second kappa shape index (κ2) is 9.57. The van der Waals surface area contributed by atoms with E-state index in [1.165, 1.54) is 34.4 Å². The lowest BCUT2D eigenvalue weighted by Crippen LogP contribution is -3.13. The quantitative estimate of drug-likeness (QED) is 0.433. The van der Waals surface area contributed by atoms with Crippen LogP contribution in [0.25, 0.3) is 0 Å². The second-order valence-electron chi connectivity index (χ2n) is 6.70. The van der Waals surface area contributed by atoms with E-state index in [4.69, 9.17) is 4.74 Å². The summed E-state index contributed by atoms with van der Waals surface area (Å²) in [5.74, 6) is 1.33. The van der Waals surface area contributed by atoms with Crippen molar-refractivity contribution < 1.29 is 19.4 Å². The number of nitrogens with zero attached hydrogens (tertiary/aromatic N) is 2. The maximum atomic E-state index is 12.5. The molecule has 2 aromatic carbocycles. The summed E-state index contributed by atoms with van der Waals surface area (Å²) in [4.78, 5) is 27.0. The average Bonchev–Trinajstić information content (AvgIpc) is 2.73. The van der Waals surface area contributed by atoms with Gasteiger partial charge in [0, 0.05) is 22.6 Å². The lowest BCUT2D eigenvalue weighted by molar-refractivity contribution is -0.917. The van der Waals surface area contributed by atoms with Gasteiger partial charge in [0.25, 0.3) is 5.69 Å². The van der Waals surface area contributed by atoms with Crippen LogP contribution >= 0.6 is 11.8 Å². The highest BCUT2D eigenvalue weighted by Crippen LogP contribution is 2.21. The Morgan fingerprint density at radius 3 is 2.36 bits per heavy atom. The van der Waals surface area contributed by atoms with Crippen LogP contribution in [0.3, 0.4) is 0 Å². The number of nitro benzene ring substituents is 1. The van der Waals surface area contributed by atoms with Gasteiger partial charge in [-0.1, -0.05) is 0 Å². The molecule has 1 fully saturated rings. The summed E-state index contributed by atoms with van der Waals surface area (Å²) in [5.41, 5.74) is 1.33. The summed E-state index contributed by atoms with van der Waals surface area (Å²) < 4.78 is 5.19. The molecule has 0 aromatic heterocycles. The van der Waals surface area contributed by atoms with Crippen molar-refractivity contribution in [1.29, 1.82) is 0 Å². The van der Waals surface area contributed by atoms with E-state index in [9.17, 15) is 14.9 Å². The smallest absolute Gasteiger partial charge is 0.269 e. The minimum atomic E-state index is -0.423. The third kappa shape index (κ3) is 5.46. The SMILES string of the molecule is COc1ccc(C[NH+]2CCN(C(=O)CSc3ccc([N+](=O)[O-])cc3)CC2)cc1. The van der Waals surface area contributed by atoms with Gasteiger partial charge in [0.1, 0.15) is 12.3 Å². The third-order valence-corrected chi connectivity index (χ3v) is 5.84. The first-order valence-electron chi connectivity index (χ1n) is 9.16. The Morgan fingerprint density at radius 1 is 1.14 bits per heavy atom. The standard InChI is InChI=1S/C20H23N3O4S/c1-27-18-6-2-16(3-7-18)14-21-10-12-22(13-11-21)20(24)15-28-19-8-4-17(5-9-19)23(25)26/h2-9H,10-15H2,1H3/p+1. The summed E-state index contributed by atoms with van der Waals surface area (Å²) in [5, 5.41) is 10.7. The minimum Gasteiger partial charge on any atom is -0.497 e. The number of hydrogen-bond acceptors (Lipinski definition) is 5. The maximum absolute atomic E-state index is 12.5. The summed E-state index contributed by atoms with van der Waals surface area (Å²) in [6.45, 7) is 4.32. The van der Waals surface area contributed by atoms with Crippen LogP contribution in [0.2, 0.25) is 0 Å². The predicted octanol–water partition coefficient (Wildman–Crippen LogP) is 1.62. The van der Waals surface area contributed by atoms with Crippen LogP contribution in [-0.4, -0.2) is 54.8 Å². The zero-order chi connectivity index (χ0) is 19.9. The number of methoxy groups -OCH3 is 1. The maximum Gasteiger partial charge on any atom is 0.269 e. The van der Waals surface area contributed by atoms with Gasteiger partial charge in [-0.05, 0) is 36.4 Å². The first-order chi connectivity index (χ1) is 13.5. The fourth-order valence-corrected chi connectivity index (χ4v) is 3.98. The fraction of sp³-hybridized carbons (Fsp3) is 0.350. The summed E-state index contributed by atoms with van der Waals surface area (Å²) in [6.07, 6.45) is 0. The minimum absolute atomic E-state index is 0.0617. The van der Waals surface area contributed by atoms with E-state index >= 15 is 0 Å². The van der Waals surface area contributed by atoms with Crippen molar-refractivity contribution in [2.24, 2.45) is 0 Å². The first-order valence-corrected chi connectivity index (χ1v) is 10.2. The molecule has 0 radical (unpaired) electrons. The number of ether oxygens (including phenoxy) is 1. The number of amides is 1. The molecule has 0 atom stereocenters. The van der Waals surface area contributed by atoms with Crippen LogP contribution in [0.1, 0.15) is 5.56 Å². The zero-order valence-electron chi connectivity index (χ0n) is 15.8. The molecule has 8 heteroatoms. The van der Waals surface area contributed by atoms with E-state index in [-0.39, 0.29) is 11.6 Å². The number of thioether (sulfide) groups is 1. The van der Waals surface area contributed by atoms with Crippen molar-refractivity contribution in [3.63, 3.8) is 0 Å². The number of carbonyl (C=O) groups is 1. The van der Waals surface area contributed by atoms with Crippen LogP contribution in [0.4, 0.5) is 5.69 Å². The molecule has 0 saturated carbocycles. The number of hydrogen-bond donors (Lipinski definition) is 1. The fourth-order valence-electron chi connectivity index (χ4n) is 3.18. The molecule has 2 aromatic rings. The normalized spacial score (nSPS) is 14.7. The van der Waals surface area contributed by atoms with E-state index in [1.54, 1.807) is 19.2 Å². The summed E-state index contributed by atoms with van der Waals surface area (Å²) >= 11 is 1.42. The number of piperazine rings is 1. The monoisotopic (exact) mass is 402 g/mol. The van der Waals surface area contributed by atoms with Crippen molar-refractivity contribution in [1.82, 2.24) is 4.90 Å². The van der Waals surface area contributed by atoms with Gasteiger partial charge in [-0.3, -0.25) is 14.9 Å². The number of carbonyl (C=O) groups excluding carboxylic acids is 1. The lowest BCUT2D eigenvalue weighted by Gasteiger charge is -2.32. The van der Waals surface area contributed by atoms with E-state index in [2.05, 4.69) is 12.1 Å². The van der Waals surface area contributed by atoms with Crippen LogP contribution in [0, 0.1) is 10.1 Å². The number of quaternary nitrogens is 1. The van der Waals surface area contributed by atoms with Gasteiger partial charge >= 0.3 is 0 Å². The van der Waals surface area contributed by atoms with Gasteiger partial charge in [-0.15, -0.1) is 11.8 Å². The van der Waals surface area contributed by atoms with Crippen molar-refractivity contribution >= 4 is 23.4 Å². The molecular formula is C20H24N3O4S+. The molecule has 0 bridgehead atoms. The molecule has 28 heavy (non-hydrogen) atoms. The highest BCUT2D eigenvalue weighted by molar-refractivity contribution is 8.00. The Morgan fingerprint density at radius 2 is 1.79 bits per heavy atom. The molecule has 1 N–H and O–H groups in total. The molecule has 0 aliphatic carbocycles. The third-order valence-electron chi connectivity index (χ3n) is 4.85. The highest BCUT2D eigenvalue weighted by atomic mass is 32.2. The Bertz CT molecular complexity index is 803. The number of rotatable bonds is 7. The van der Waals surface area contributed by atoms with Crippen LogP contribution in [-0.2, 0) is 11.3 Å². The zero-order valence-corrected chi connectivity index (χ0v) is 16.6. The van der Waals surface area contributed by atoms with E-state index in [0.717, 1.165) is 43.4 Å².